The number of rotatable bonds is 7. The largest absolute Gasteiger partial charge is 0.457 e. The number of carbonyl (C=O) groups is 1. The summed E-state index contributed by atoms with van der Waals surface area (Å²) in [4.78, 5) is 13.9. The Labute approximate surface area is 194 Å². The molecule has 0 aromatic heterocycles. The summed E-state index contributed by atoms with van der Waals surface area (Å²) in [5.41, 5.74) is 3.02. The van der Waals surface area contributed by atoms with Gasteiger partial charge in [-0.2, -0.15) is 5.26 Å². The van der Waals surface area contributed by atoms with Gasteiger partial charge in [-0.1, -0.05) is 61.5 Å². The van der Waals surface area contributed by atoms with Crippen LogP contribution in [0.1, 0.15) is 24.8 Å². The lowest BCUT2D eigenvalue weighted by molar-refractivity contribution is 0.0169. The molecule has 0 saturated carbocycles. The number of aliphatic hydroxyl groups excluding tert-OH is 1. The van der Waals surface area contributed by atoms with Gasteiger partial charge < -0.3 is 20.1 Å². The van der Waals surface area contributed by atoms with Crippen LogP contribution in [0.25, 0.3) is 11.1 Å². The Kier molecular flexibility index (Phi) is 6.92. The fraction of sp³-hybridized carbons (Fsp3) is 0.259. The van der Waals surface area contributed by atoms with Crippen molar-refractivity contribution >= 4 is 6.03 Å². The van der Waals surface area contributed by atoms with Crippen LogP contribution in [0.5, 0.6) is 11.5 Å². The topological polar surface area (TPSA) is 85.6 Å². The predicted molar refractivity (Wildman–Crippen MR) is 127 cm³/mol. The summed E-state index contributed by atoms with van der Waals surface area (Å²) in [7, 11) is 0. The number of urea groups is 1. The van der Waals surface area contributed by atoms with Crippen LogP contribution in [0.4, 0.5) is 4.79 Å². The molecule has 6 nitrogen and oxygen atoms in total. The summed E-state index contributed by atoms with van der Waals surface area (Å²) >= 11 is 0. The molecule has 3 aromatic rings. The van der Waals surface area contributed by atoms with Crippen LogP contribution in [-0.4, -0.2) is 41.3 Å². The molecule has 0 radical (unpaired) electrons. The third-order valence-corrected chi connectivity index (χ3v) is 5.95. The van der Waals surface area contributed by atoms with Gasteiger partial charge in [0.2, 0.25) is 0 Å². The number of hydrogen-bond acceptors (Lipinski definition) is 4. The van der Waals surface area contributed by atoms with Crippen LogP contribution in [0, 0.1) is 11.3 Å². The van der Waals surface area contributed by atoms with E-state index < -0.39 is 12.1 Å². The van der Waals surface area contributed by atoms with E-state index in [1.807, 2.05) is 85.8 Å². The highest BCUT2D eigenvalue weighted by Crippen LogP contribution is 2.41. The Morgan fingerprint density at radius 2 is 1.61 bits per heavy atom. The van der Waals surface area contributed by atoms with Crippen LogP contribution >= 0.6 is 0 Å². The molecule has 0 bridgehead atoms. The van der Waals surface area contributed by atoms with E-state index in [2.05, 4.69) is 11.4 Å². The minimum Gasteiger partial charge on any atom is -0.457 e. The van der Waals surface area contributed by atoms with Crippen LogP contribution in [0.15, 0.2) is 78.9 Å². The molecule has 6 heteroatoms. The molecule has 0 spiro atoms. The lowest BCUT2D eigenvalue weighted by atomic mass is 9.76. The molecule has 2 N–H and O–H groups in total. The maximum Gasteiger partial charge on any atom is 0.318 e. The van der Waals surface area contributed by atoms with Crippen molar-refractivity contribution < 1.29 is 14.6 Å². The highest BCUT2D eigenvalue weighted by atomic mass is 16.5. The average molecular weight is 442 g/mol. The first-order valence-corrected chi connectivity index (χ1v) is 11.2. The summed E-state index contributed by atoms with van der Waals surface area (Å²) < 4.78 is 5.85. The minimum atomic E-state index is -0.598. The Bertz CT molecular complexity index is 1110. The SMILES string of the molecule is CCCNC(=O)N1[C@H](C#N)[C@H](c2ccc(-c3ccc(Oc4ccccc4)cc3)cc2)[C@H]1CO. The van der Waals surface area contributed by atoms with Crippen molar-refractivity contribution in [2.24, 2.45) is 0 Å². The summed E-state index contributed by atoms with van der Waals surface area (Å²) in [6.07, 6.45) is 0.810. The Morgan fingerprint density at radius 3 is 2.18 bits per heavy atom. The van der Waals surface area contributed by atoms with Gasteiger partial charge in [-0.3, -0.25) is 0 Å². The van der Waals surface area contributed by atoms with E-state index in [1.165, 1.54) is 4.90 Å². The maximum absolute atomic E-state index is 12.4. The highest BCUT2D eigenvalue weighted by Gasteiger charge is 2.51. The number of nitrogens with zero attached hydrogens (tertiary/aromatic N) is 2. The number of ether oxygens (including phenoxy) is 1. The Hall–Kier alpha value is -3.82. The molecule has 2 amide bonds. The average Bonchev–Trinajstić information content (AvgIpc) is 2.84. The Morgan fingerprint density at radius 1 is 1.00 bits per heavy atom. The quantitative estimate of drug-likeness (QED) is 0.545. The van der Waals surface area contributed by atoms with Crippen molar-refractivity contribution in [1.29, 1.82) is 5.26 Å². The van der Waals surface area contributed by atoms with E-state index in [4.69, 9.17) is 4.74 Å². The third-order valence-electron chi connectivity index (χ3n) is 5.95. The molecule has 1 aliphatic heterocycles. The fourth-order valence-electron chi connectivity index (χ4n) is 4.25. The van der Waals surface area contributed by atoms with Crippen LogP contribution < -0.4 is 10.1 Å². The zero-order valence-electron chi connectivity index (χ0n) is 18.5. The van der Waals surface area contributed by atoms with Crippen LogP contribution in [0.2, 0.25) is 0 Å². The van der Waals surface area contributed by atoms with Gasteiger partial charge in [0, 0.05) is 12.5 Å². The van der Waals surface area contributed by atoms with Gasteiger partial charge in [0.1, 0.15) is 17.5 Å². The molecule has 1 aliphatic rings. The monoisotopic (exact) mass is 441 g/mol. The number of para-hydroxylation sites is 1. The lowest BCUT2D eigenvalue weighted by Crippen LogP contribution is -2.67. The first-order chi connectivity index (χ1) is 16.2. The molecular weight excluding hydrogens is 414 g/mol. The third kappa shape index (κ3) is 4.69. The Balaban J connectivity index is 1.46. The summed E-state index contributed by atoms with van der Waals surface area (Å²) in [6, 6.07) is 26.4. The molecule has 1 saturated heterocycles. The zero-order chi connectivity index (χ0) is 23.2. The van der Waals surface area contributed by atoms with Crippen LogP contribution in [0.3, 0.4) is 0 Å². The van der Waals surface area contributed by atoms with E-state index in [0.717, 1.165) is 34.6 Å². The zero-order valence-corrected chi connectivity index (χ0v) is 18.5. The second-order valence-electron chi connectivity index (χ2n) is 8.05. The standard InChI is InChI=1S/C27H27N3O3/c1-2-16-29-27(32)30-24(17-28)26(25(30)18-31)21-10-8-19(9-11-21)20-12-14-23(15-13-20)33-22-6-4-3-5-7-22/h3-15,24-26,31H,2,16,18H2,1H3,(H,29,32)/t24-,25-,26+/m1/s1. The number of nitrogens with one attached hydrogen (secondary N) is 1. The van der Waals surface area contributed by atoms with Gasteiger partial charge in [-0.25, -0.2) is 4.79 Å². The van der Waals surface area contributed by atoms with E-state index in [-0.39, 0.29) is 18.6 Å². The second kappa shape index (κ2) is 10.2. The molecule has 33 heavy (non-hydrogen) atoms. The number of nitriles is 1. The molecule has 3 atom stereocenters. The number of benzene rings is 3. The smallest absolute Gasteiger partial charge is 0.318 e. The minimum absolute atomic E-state index is 0.187. The summed E-state index contributed by atoms with van der Waals surface area (Å²) in [6.45, 7) is 2.32. The van der Waals surface area contributed by atoms with Gasteiger partial charge in [0.15, 0.2) is 0 Å². The fourth-order valence-corrected chi connectivity index (χ4v) is 4.25. The van der Waals surface area contributed by atoms with Gasteiger partial charge in [-0.05, 0) is 47.4 Å². The van der Waals surface area contributed by atoms with Crippen molar-refractivity contribution in [3.63, 3.8) is 0 Å². The van der Waals surface area contributed by atoms with E-state index in [9.17, 15) is 15.2 Å². The maximum atomic E-state index is 12.4. The summed E-state index contributed by atoms with van der Waals surface area (Å²) in [5.74, 6) is 1.33. The molecular formula is C27H27N3O3. The van der Waals surface area contributed by atoms with Gasteiger partial charge in [-0.15, -0.1) is 0 Å². The first-order valence-electron chi connectivity index (χ1n) is 11.2. The molecule has 3 aromatic carbocycles. The first kappa shape index (κ1) is 22.4. The molecule has 4 rings (SSSR count). The van der Waals surface area contributed by atoms with Crippen molar-refractivity contribution in [3.05, 3.63) is 84.4 Å². The normalized spacial score (nSPS) is 19.3. The van der Waals surface area contributed by atoms with E-state index in [1.54, 1.807) is 0 Å². The van der Waals surface area contributed by atoms with Crippen molar-refractivity contribution in [1.82, 2.24) is 10.2 Å². The van der Waals surface area contributed by atoms with Gasteiger partial charge >= 0.3 is 6.03 Å². The number of hydrogen-bond donors (Lipinski definition) is 2. The predicted octanol–water partition coefficient (Wildman–Crippen LogP) is 4.92. The number of amides is 2. The highest BCUT2D eigenvalue weighted by molar-refractivity contribution is 5.77. The molecule has 1 heterocycles. The van der Waals surface area contributed by atoms with Gasteiger partial charge in [0.05, 0.1) is 18.7 Å². The second-order valence-corrected chi connectivity index (χ2v) is 8.05. The molecule has 0 aliphatic carbocycles. The molecule has 168 valence electrons. The van der Waals surface area contributed by atoms with Crippen molar-refractivity contribution in [3.8, 4) is 28.7 Å². The number of aliphatic hydroxyl groups is 1. The molecule has 1 fully saturated rings. The van der Waals surface area contributed by atoms with Crippen LogP contribution in [-0.2, 0) is 0 Å². The van der Waals surface area contributed by atoms with Crippen molar-refractivity contribution in [2.75, 3.05) is 13.2 Å². The summed E-state index contributed by atoms with van der Waals surface area (Å²) in [5, 5.41) is 22.4. The lowest BCUT2D eigenvalue weighted by Gasteiger charge is -2.51. The van der Waals surface area contributed by atoms with E-state index in [0.29, 0.717) is 6.54 Å². The number of carbonyl (C=O) groups excluding carboxylic acids is 1. The van der Waals surface area contributed by atoms with Crippen molar-refractivity contribution in [2.45, 2.75) is 31.3 Å². The molecule has 0 unspecified atom stereocenters. The number of likely N-dealkylation sites (tertiary alicyclic amines) is 1. The van der Waals surface area contributed by atoms with E-state index >= 15 is 0 Å². The van der Waals surface area contributed by atoms with Gasteiger partial charge in [0.25, 0.3) is 0 Å².